The molecule has 0 saturated heterocycles. The molecule has 1 aromatic heterocycles. The maximum absolute atomic E-state index is 11.0. The zero-order valence-corrected chi connectivity index (χ0v) is 11.8. The average molecular weight is 266 g/mol. The van der Waals surface area contributed by atoms with Crippen molar-refractivity contribution in [3.8, 4) is 0 Å². The molecule has 0 amide bonds. The molecule has 0 aromatic carbocycles. The predicted octanol–water partition coefficient (Wildman–Crippen LogP) is 3.69. The molecule has 0 saturated carbocycles. The van der Waals surface area contributed by atoms with Crippen LogP contribution in [0.3, 0.4) is 0 Å². The Bertz CT molecular complexity index is 370. The van der Waals surface area contributed by atoms with Gasteiger partial charge in [0.1, 0.15) is 0 Å². The van der Waals surface area contributed by atoms with Gasteiger partial charge in [0.05, 0.1) is 6.26 Å². The molecule has 1 heterocycles. The van der Waals surface area contributed by atoms with Gasteiger partial charge in [-0.1, -0.05) is 44.9 Å². The summed E-state index contributed by atoms with van der Waals surface area (Å²) in [5.41, 5.74) is 0.834. The fraction of sp³-hybridized carbons (Fsp3) is 0.688. The maximum Gasteiger partial charge on any atom is 0.335 e. The van der Waals surface area contributed by atoms with E-state index in [4.69, 9.17) is 9.52 Å². The smallest absolute Gasteiger partial charge is 0.335 e. The Morgan fingerprint density at radius 2 is 1.47 bits per heavy atom. The minimum atomic E-state index is -0.250. The lowest BCUT2D eigenvalue weighted by atomic mass is 10.0. The summed E-state index contributed by atoms with van der Waals surface area (Å²) in [5, 5.41) is 8.65. The molecule has 0 atom stereocenters. The van der Waals surface area contributed by atoms with Gasteiger partial charge in [0.15, 0.2) is 0 Å². The topological polar surface area (TPSA) is 50.4 Å². The largest absolute Gasteiger partial charge is 0.431 e. The summed E-state index contributed by atoms with van der Waals surface area (Å²) in [6.45, 7) is 0.331. The van der Waals surface area contributed by atoms with Gasteiger partial charge in [0, 0.05) is 12.7 Å². The van der Waals surface area contributed by atoms with E-state index in [0.717, 1.165) is 31.2 Å². The first-order chi connectivity index (χ1) is 9.33. The van der Waals surface area contributed by atoms with E-state index in [1.807, 2.05) is 6.07 Å². The predicted molar refractivity (Wildman–Crippen MR) is 77.3 cm³/mol. The number of aliphatic hydroxyl groups is 1. The van der Waals surface area contributed by atoms with Gasteiger partial charge < -0.3 is 9.52 Å². The van der Waals surface area contributed by atoms with Crippen LogP contribution in [0.15, 0.2) is 27.6 Å². The van der Waals surface area contributed by atoms with Crippen LogP contribution in [0, 0.1) is 0 Å². The SMILES string of the molecule is O=c1cc(CCCCCCCCCCCO)cco1. The van der Waals surface area contributed by atoms with Crippen LogP contribution in [-0.4, -0.2) is 11.7 Å². The third-order valence-corrected chi connectivity index (χ3v) is 3.39. The van der Waals surface area contributed by atoms with E-state index in [0.29, 0.717) is 6.61 Å². The molecular formula is C16H26O3. The van der Waals surface area contributed by atoms with Crippen LogP contribution in [0.2, 0.25) is 0 Å². The van der Waals surface area contributed by atoms with Crippen LogP contribution >= 0.6 is 0 Å². The second kappa shape index (κ2) is 10.8. The first kappa shape index (κ1) is 16.0. The fourth-order valence-corrected chi connectivity index (χ4v) is 2.26. The fourth-order valence-electron chi connectivity index (χ4n) is 2.26. The van der Waals surface area contributed by atoms with Crippen molar-refractivity contribution < 1.29 is 9.52 Å². The van der Waals surface area contributed by atoms with Gasteiger partial charge in [0.25, 0.3) is 0 Å². The highest BCUT2D eigenvalue weighted by atomic mass is 16.4. The lowest BCUT2D eigenvalue weighted by molar-refractivity contribution is 0.282. The van der Waals surface area contributed by atoms with Crippen LogP contribution in [-0.2, 0) is 6.42 Å². The Labute approximate surface area is 115 Å². The molecule has 0 radical (unpaired) electrons. The summed E-state index contributed by atoms with van der Waals surface area (Å²) >= 11 is 0. The van der Waals surface area contributed by atoms with Crippen LogP contribution in [0.4, 0.5) is 0 Å². The molecule has 0 fully saturated rings. The van der Waals surface area contributed by atoms with Gasteiger partial charge in [-0.2, -0.15) is 0 Å². The van der Waals surface area contributed by atoms with Gasteiger partial charge in [0.2, 0.25) is 0 Å². The van der Waals surface area contributed by atoms with Gasteiger partial charge in [-0.15, -0.1) is 0 Å². The third-order valence-electron chi connectivity index (χ3n) is 3.39. The number of aliphatic hydroxyl groups excluding tert-OH is 1. The number of aryl methyl sites for hydroxylation is 1. The second-order valence-corrected chi connectivity index (χ2v) is 5.11. The molecule has 1 N–H and O–H groups in total. The van der Waals surface area contributed by atoms with E-state index in [9.17, 15) is 4.79 Å². The van der Waals surface area contributed by atoms with E-state index < -0.39 is 0 Å². The van der Waals surface area contributed by atoms with Crippen molar-refractivity contribution in [3.05, 3.63) is 34.4 Å². The Hall–Kier alpha value is -1.09. The first-order valence-corrected chi connectivity index (χ1v) is 7.51. The molecule has 3 nitrogen and oxygen atoms in total. The van der Waals surface area contributed by atoms with E-state index in [-0.39, 0.29) is 5.63 Å². The van der Waals surface area contributed by atoms with Gasteiger partial charge in [-0.25, -0.2) is 4.79 Å². The average Bonchev–Trinajstić information content (AvgIpc) is 2.41. The van der Waals surface area contributed by atoms with E-state index in [1.165, 1.54) is 44.8 Å². The molecule has 0 bridgehead atoms. The quantitative estimate of drug-likeness (QED) is 0.621. The van der Waals surface area contributed by atoms with Crippen LogP contribution in [0.25, 0.3) is 0 Å². The molecule has 19 heavy (non-hydrogen) atoms. The van der Waals surface area contributed by atoms with Crippen molar-refractivity contribution in [2.45, 2.75) is 64.2 Å². The third kappa shape index (κ3) is 8.60. The number of hydrogen-bond acceptors (Lipinski definition) is 3. The lowest BCUT2D eigenvalue weighted by Gasteiger charge is -2.02. The molecule has 1 rings (SSSR count). The minimum absolute atomic E-state index is 0.250. The van der Waals surface area contributed by atoms with Crippen LogP contribution in [0.1, 0.15) is 63.4 Å². The summed E-state index contributed by atoms with van der Waals surface area (Å²) < 4.78 is 4.70. The Kier molecular flexibility index (Phi) is 9.07. The van der Waals surface area contributed by atoms with Crippen LogP contribution < -0.4 is 5.63 Å². The monoisotopic (exact) mass is 266 g/mol. The summed E-state index contributed by atoms with van der Waals surface area (Å²) in [6.07, 6.45) is 13.4. The number of unbranched alkanes of at least 4 members (excludes halogenated alkanes) is 8. The molecule has 1 aromatic rings. The summed E-state index contributed by atoms with van der Waals surface area (Å²) in [7, 11) is 0. The number of hydrogen-bond donors (Lipinski definition) is 1. The highest BCUT2D eigenvalue weighted by Crippen LogP contribution is 2.11. The molecule has 0 aliphatic rings. The van der Waals surface area contributed by atoms with Gasteiger partial charge in [-0.3, -0.25) is 0 Å². The second-order valence-electron chi connectivity index (χ2n) is 5.11. The van der Waals surface area contributed by atoms with Crippen molar-refractivity contribution >= 4 is 0 Å². The Balaban J connectivity index is 1.90. The van der Waals surface area contributed by atoms with Gasteiger partial charge >= 0.3 is 5.63 Å². The van der Waals surface area contributed by atoms with Crippen molar-refractivity contribution in [3.63, 3.8) is 0 Å². The van der Waals surface area contributed by atoms with E-state index in [1.54, 1.807) is 6.07 Å². The maximum atomic E-state index is 11.0. The first-order valence-electron chi connectivity index (χ1n) is 7.51. The zero-order chi connectivity index (χ0) is 13.8. The minimum Gasteiger partial charge on any atom is -0.431 e. The number of rotatable bonds is 11. The summed E-state index contributed by atoms with van der Waals surface area (Å²) in [6, 6.07) is 3.46. The van der Waals surface area contributed by atoms with Crippen molar-refractivity contribution in [2.24, 2.45) is 0 Å². The lowest BCUT2D eigenvalue weighted by Crippen LogP contribution is -1.98. The Morgan fingerprint density at radius 1 is 0.895 bits per heavy atom. The molecular weight excluding hydrogens is 240 g/mol. The summed E-state index contributed by atoms with van der Waals surface area (Å²) in [4.78, 5) is 11.0. The van der Waals surface area contributed by atoms with E-state index in [2.05, 4.69) is 0 Å². The molecule has 0 aliphatic heterocycles. The highest BCUT2D eigenvalue weighted by Gasteiger charge is 1.96. The van der Waals surface area contributed by atoms with Crippen molar-refractivity contribution in [1.82, 2.24) is 0 Å². The standard InChI is InChI=1S/C16H26O3/c17-12-9-7-5-3-1-2-4-6-8-10-15-11-13-19-16(18)14-15/h11,13-14,17H,1-10,12H2. The molecule has 0 aliphatic carbocycles. The molecule has 0 unspecified atom stereocenters. The van der Waals surface area contributed by atoms with Crippen LogP contribution in [0.5, 0.6) is 0 Å². The Morgan fingerprint density at radius 3 is 2.05 bits per heavy atom. The van der Waals surface area contributed by atoms with Gasteiger partial charge in [-0.05, 0) is 30.9 Å². The molecule has 3 heteroatoms. The zero-order valence-electron chi connectivity index (χ0n) is 11.8. The summed E-state index contributed by atoms with van der Waals surface area (Å²) in [5.74, 6) is 0. The highest BCUT2D eigenvalue weighted by molar-refractivity contribution is 5.07. The molecule has 0 spiro atoms. The van der Waals surface area contributed by atoms with Crippen molar-refractivity contribution in [2.75, 3.05) is 6.61 Å². The molecule has 108 valence electrons. The van der Waals surface area contributed by atoms with Crippen molar-refractivity contribution in [1.29, 1.82) is 0 Å². The van der Waals surface area contributed by atoms with E-state index >= 15 is 0 Å². The normalized spacial score (nSPS) is 10.8.